The maximum Gasteiger partial charge on any atom is 0.278 e. The van der Waals surface area contributed by atoms with Crippen LogP contribution in [0.15, 0.2) is 54.9 Å². The van der Waals surface area contributed by atoms with Gasteiger partial charge in [-0.1, -0.05) is 19.1 Å². The number of anilines is 1. The van der Waals surface area contributed by atoms with Gasteiger partial charge < -0.3 is 10.1 Å². The lowest BCUT2D eigenvalue weighted by Gasteiger charge is -2.13. The Balaban J connectivity index is 1.81. The fraction of sp³-hybridized carbons (Fsp3) is 0.200. The van der Waals surface area contributed by atoms with E-state index in [1.807, 2.05) is 31.2 Å². The molecule has 1 unspecified atom stereocenters. The summed E-state index contributed by atoms with van der Waals surface area (Å²) in [5.74, 6) is 0.639. The van der Waals surface area contributed by atoms with Crippen LogP contribution in [0.4, 0.5) is 11.4 Å². The monoisotopic (exact) mass is 362 g/mol. The van der Waals surface area contributed by atoms with Crippen molar-refractivity contribution in [2.24, 2.45) is 0 Å². The Bertz CT molecular complexity index is 1010. The molecule has 7 nitrogen and oxygen atoms in total. The minimum absolute atomic E-state index is 0.0289. The number of hydrogen-bond donors (Lipinski definition) is 1. The number of hydrogen-bond acceptors (Lipinski definition) is 6. The zero-order valence-corrected chi connectivity index (χ0v) is 14.8. The van der Waals surface area contributed by atoms with Crippen LogP contribution >= 0.6 is 0 Å². The lowest BCUT2D eigenvalue weighted by atomic mass is 10.1. The third-order valence-corrected chi connectivity index (χ3v) is 4.17. The van der Waals surface area contributed by atoms with Crippen molar-refractivity contribution in [1.29, 1.82) is 5.26 Å². The first-order valence-electron chi connectivity index (χ1n) is 8.52. The first-order chi connectivity index (χ1) is 13.1. The van der Waals surface area contributed by atoms with Gasteiger partial charge in [0.15, 0.2) is 6.10 Å². The third kappa shape index (κ3) is 4.12. The number of nitrogens with one attached hydrogen (secondary N) is 1. The summed E-state index contributed by atoms with van der Waals surface area (Å²) in [6.07, 6.45) is 3.25. The van der Waals surface area contributed by atoms with Gasteiger partial charge in [-0.05, 0) is 36.2 Å². The van der Waals surface area contributed by atoms with Gasteiger partial charge in [-0.15, -0.1) is 0 Å². The average molecular weight is 362 g/mol. The number of nitrogens with zero attached hydrogens (tertiary/aromatic N) is 3. The van der Waals surface area contributed by atoms with E-state index in [0.717, 1.165) is 16.6 Å². The molecule has 1 N–H and O–H groups in total. The van der Waals surface area contributed by atoms with Gasteiger partial charge in [0, 0.05) is 36.1 Å². The second-order valence-corrected chi connectivity index (χ2v) is 5.96. The predicted octanol–water partition coefficient (Wildman–Crippen LogP) is 4.44. The SMILES string of the molecule is CCC(C#N)Oc1cccc(CNc2ccc([N+](=O)[O-])c3cnccc23)c1. The van der Waals surface area contributed by atoms with Gasteiger partial charge in [-0.3, -0.25) is 15.1 Å². The Kier molecular flexibility index (Phi) is 5.47. The number of pyridine rings is 1. The van der Waals surface area contributed by atoms with Crippen molar-refractivity contribution in [3.05, 3.63) is 70.5 Å². The van der Waals surface area contributed by atoms with E-state index in [1.54, 1.807) is 18.3 Å². The summed E-state index contributed by atoms with van der Waals surface area (Å²) in [4.78, 5) is 14.8. The number of ether oxygens (including phenoxy) is 1. The molecule has 136 valence electrons. The zero-order chi connectivity index (χ0) is 19.2. The number of rotatable bonds is 7. The van der Waals surface area contributed by atoms with Gasteiger partial charge in [0.2, 0.25) is 0 Å². The molecule has 0 bridgehead atoms. The zero-order valence-electron chi connectivity index (χ0n) is 14.8. The van der Waals surface area contributed by atoms with Gasteiger partial charge in [0.1, 0.15) is 11.8 Å². The molecule has 0 saturated carbocycles. The molecule has 7 heteroatoms. The molecule has 3 aromatic rings. The number of nitro groups is 1. The summed E-state index contributed by atoms with van der Waals surface area (Å²) in [6, 6.07) is 14.6. The van der Waals surface area contributed by atoms with E-state index < -0.39 is 11.0 Å². The van der Waals surface area contributed by atoms with Crippen molar-refractivity contribution in [3.63, 3.8) is 0 Å². The minimum atomic E-state index is -0.473. The Morgan fingerprint density at radius 1 is 1.30 bits per heavy atom. The smallest absolute Gasteiger partial charge is 0.278 e. The van der Waals surface area contributed by atoms with E-state index in [1.165, 1.54) is 12.3 Å². The number of nitro benzene ring substituents is 1. The Hall–Kier alpha value is -3.66. The van der Waals surface area contributed by atoms with Crippen LogP contribution in [0.1, 0.15) is 18.9 Å². The van der Waals surface area contributed by atoms with E-state index >= 15 is 0 Å². The number of non-ortho nitro benzene ring substituents is 1. The lowest BCUT2D eigenvalue weighted by Crippen LogP contribution is -2.12. The Morgan fingerprint density at radius 3 is 2.89 bits per heavy atom. The topological polar surface area (TPSA) is 101 Å². The number of aromatic nitrogens is 1. The molecule has 1 heterocycles. The standard InChI is InChI=1S/C20H18N4O3/c1-2-15(11-21)27-16-5-3-4-14(10-16)12-23-19-6-7-20(24(25)26)18-13-22-9-8-17(18)19/h3-10,13,15,23H,2,12H2,1H3. The van der Waals surface area contributed by atoms with Crippen LogP contribution in [-0.2, 0) is 6.54 Å². The first kappa shape index (κ1) is 18.1. The van der Waals surface area contributed by atoms with Crippen molar-refractivity contribution in [2.45, 2.75) is 26.0 Å². The third-order valence-electron chi connectivity index (χ3n) is 4.17. The van der Waals surface area contributed by atoms with Crippen molar-refractivity contribution < 1.29 is 9.66 Å². The molecule has 0 aliphatic rings. The van der Waals surface area contributed by atoms with Gasteiger partial charge in [0.05, 0.1) is 10.3 Å². The highest BCUT2D eigenvalue weighted by Gasteiger charge is 2.14. The fourth-order valence-corrected chi connectivity index (χ4v) is 2.78. The molecule has 0 saturated heterocycles. The van der Waals surface area contributed by atoms with Crippen LogP contribution in [0.3, 0.4) is 0 Å². The largest absolute Gasteiger partial charge is 0.476 e. The molecule has 0 amide bonds. The molecule has 2 aromatic carbocycles. The van der Waals surface area contributed by atoms with E-state index in [2.05, 4.69) is 16.4 Å². The first-order valence-corrected chi connectivity index (χ1v) is 8.52. The van der Waals surface area contributed by atoms with Crippen LogP contribution in [0.25, 0.3) is 10.8 Å². The second kappa shape index (κ2) is 8.15. The lowest BCUT2D eigenvalue weighted by molar-refractivity contribution is -0.383. The Labute approximate surface area is 156 Å². The van der Waals surface area contributed by atoms with Crippen LogP contribution in [0, 0.1) is 21.4 Å². The number of fused-ring (bicyclic) bond motifs is 1. The van der Waals surface area contributed by atoms with E-state index in [4.69, 9.17) is 10.00 Å². The highest BCUT2D eigenvalue weighted by atomic mass is 16.6. The van der Waals surface area contributed by atoms with Crippen LogP contribution in [0.2, 0.25) is 0 Å². The van der Waals surface area contributed by atoms with Crippen molar-refractivity contribution in [1.82, 2.24) is 4.98 Å². The molecular weight excluding hydrogens is 344 g/mol. The van der Waals surface area contributed by atoms with Gasteiger partial charge in [-0.25, -0.2) is 0 Å². The predicted molar refractivity (Wildman–Crippen MR) is 102 cm³/mol. The van der Waals surface area contributed by atoms with Crippen molar-refractivity contribution in [3.8, 4) is 11.8 Å². The number of benzene rings is 2. The molecular formula is C20H18N4O3. The summed E-state index contributed by atoms with van der Waals surface area (Å²) in [7, 11) is 0. The fourth-order valence-electron chi connectivity index (χ4n) is 2.78. The maximum atomic E-state index is 11.2. The van der Waals surface area contributed by atoms with Crippen LogP contribution < -0.4 is 10.1 Å². The molecule has 1 atom stereocenters. The molecule has 0 fully saturated rings. The van der Waals surface area contributed by atoms with Gasteiger partial charge >= 0.3 is 0 Å². The summed E-state index contributed by atoms with van der Waals surface area (Å²) in [5.41, 5.74) is 1.79. The van der Waals surface area contributed by atoms with E-state index in [0.29, 0.717) is 24.1 Å². The van der Waals surface area contributed by atoms with Crippen LogP contribution in [-0.4, -0.2) is 16.0 Å². The van der Waals surface area contributed by atoms with Crippen molar-refractivity contribution >= 4 is 22.1 Å². The van der Waals surface area contributed by atoms with Gasteiger partial charge in [-0.2, -0.15) is 5.26 Å². The summed E-state index contributed by atoms with van der Waals surface area (Å²) in [5, 5.41) is 24.8. The maximum absolute atomic E-state index is 11.2. The molecule has 0 spiro atoms. The van der Waals surface area contributed by atoms with E-state index in [-0.39, 0.29) is 5.69 Å². The molecule has 0 aliphatic carbocycles. The molecule has 0 radical (unpaired) electrons. The van der Waals surface area contributed by atoms with Gasteiger partial charge in [0.25, 0.3) is 5.69 Å². The molecule has 27 heavy (non-hydrogen) atoms. The Morgan fingerprint density at radius 2 is 2.15 bits per heavy atom. The highest BCUT2D eigenvalue weighted by Crippen LogP contribution is 2.31. The number of nitriles is 1. The molecule has 1 aromatic heterocycles. The minimum Gasteiger partial charge on any atom is -0.476 e. The van der Waals surface area contributed by atoms with Crippen LogP contribution in [0.5, 0.6) is 5.75 Å². The highest BCUT2D eigenvalue weighted by molar-refractivity contribution is 5.99. The summed E-state index contributed by atoms with van der Waals surface area (Å²) in [6.45, 7) is 2.41. The van der Waals surface area contributed by atoms with Crippen molar-refractivity contribution in [2.75, 3.05) is 5.32 Å². The molecule has 3 rings (SSSR count). The normalized spacial score (nSPS) is 11.6. The average Bonchev–Trinajstić information content (AvgIpc) is 2.70. The molecule has 0 aliphatic heterocycles. The summed E-state index contributed by atoms with van der Waals surface area (Å²) < 4.78 is 5.65. The summed E-state index contributed by atoms with van der Waals surface area (Å²) >= 11 is 0. The quantitative estimate of drug-likeness (QED) is 0.493. The van der Waals surface area contributed by atoms with E-state index in [9.17, 15) is 10.1 Å². The second-order valence-electron chi connectivity index (χ2n) is 5.96.